The minimum Gasteiger partial charge on any atom is -0.394 e. The van der Waals surface area contributed by atoms with Crippen LogP contribution in [0.5, 0.6) is 0 Å². The molecule has 0 aliphatic heterocycles. The molecule has 0 bridgehead atoms. The average molecular weight is 295 g/mol. The van der Waals surface area contributed by atoms with E-state index in [1.807, 2.05) is 11.9 Å². The van der Waals surface area contributed by atoms with E-state index in [4.69, 9.17) is 15.9 Å². The zero-order chi connectivity index (χ0) is 15.7. The van der Waals surface area contributed by atoms with Crippen LogP contribution in [0.3, 0.4) is 0 Å². The van der Waals surface area contributed by atoms with Gasteiger partial charge in [0.05, 0.1) is 6.61 Å². The molecule has 9 heteroatoms. The molecular formula is C11H25N3O6. The molecule has 0 aromatic heterocycles. The summed E-state index contributed by atoms with van der Waals surface area (Å²) in [5.74, 6) is -0.872. The Bertz CT molecular complexity index is 281. The number of aliphatic hydroxyl groups is 5. The van der Waals surface area contributed by atoms with E-state index in [1.165, 1.54) is 0 Å². The van der Waals surface area contributed by atoms with Crippen molar-refractivity contribution < 1.29 is 30.3 Å². The fourth-order valence-corrected chi connectivity index (χ4v) is 1.48. The van der Waals surface area contributed by atoms with Gasteiger partial charge in [-0.3, -0.25) is 4.79 Å². The zero-order valence-electron chi connectivity index (χ0n) is 11.5. The summed E-state index contributed by atoms with van der Waals surface area (Å²) in [6, 6.07) is 0. The summed E-state index contributed by atoms with van der Waals surface area (Å²) in [5, 5.41) is 48.5. The fourth-order valence-electron chi connectivity index (χ4n) is 1.48. The molecule has 0 aromatic rings. The Morgan fingerprint density at radius 2 is 1.80 bits per heavy atom. The largest absolute Gasteiger partial charge is 0.394 e. The maximum atomic E-state index is 11.5. The SMILES string of the molecule is CN(CCN)CCNC(=O)C(O)C(O)C(O)C(O)CO. The van der Waals surface area contributed by atoms with Gasteiger partial charge >= 0.3 is 0 Å². The molecule has 0 radical (unpaired) electrons. The Hall–Kier alpha value is -0.810. The normalized spacial score (nSPS) is 17.6. The molecule has 0 aliphatic rings. The molecule has 0 aliphatic carbocycles. The van der Waals surface area contributed by atoms with Gasteiger partial charge < -0.3 is 41.5 Å². The minimum absolute atomic E-state index is 0.234. The second-order valence-electron chi connectivity index (χ2n) is 4.56. The topological polar surface area (TPSA) is 160 Å². The lowest BCUT2D eigenvalue weighted by molar-refractivity contribution is -0.148. The van der Waals surface area contributed by atoms with Crippen LogP contribution in [0.25, 0.3) is 0 Å². The van der Waals surface area contributed by atoms with Gasteiger partial charge in [-0.1, -0.05) is 0 Å². The van der Waals surface area contributed by atoms with Gasteiger partial charge in [0, 0.05) is 26.2 Å². The monoisotopic (exact) mass is 295 g/mol. The van der Waals surface area contributed by atoms with Crippen molar-refractivity contribution in [3.63, 3.8) is 0 Å². The second kappa shape index (κ2) is 10.00. The third-order valence-corrected chi connectivity index (χ3v) is 2.83. The predicted octanol–water partition coefficient (Wildman–Crippen LogP) is -4.57. The number of aliphatic hydroxyl groups excluding tert-OH is 5. The lowest BCUT2D eigenvalue weighted by atomic mass is 10.0. The smallest absolute Gasteiger partial charge is 0.251 e. The first-order valence-electron chi connectivity index (χ1n) is 6.34. The van der Waals surface area contributed by atoms with E-state index in [0.29, 0.717) is 19.6 Å². The van der Waals surface area contributed by atoms with Gasteiger partial charge in [-0.15, -0.1) is 0 Å². The molecule has 20 heavy (non-hydrogen) atoms. The van der Waals surface area contributed by atoms with E-state index in [9.17, 15) is 20.1 Å². The van der Waals surface area contributed by atoms with Gasteiger partial charge in [0.2, 0.25) is 0 Å². The standard InChI is InChI=1S/C11H25N3O6/c1-14(4-2-12)5-3-13-11(20)10(19)9(18)8(17)7(16)6-15/h7-10,15-19H,2-6,12H2,1H3,(H,13,20). The average Bonchev–Trinajstić information content (AvgIpc) is 2.44. The van der Waals surface area contributed by atoms with E-state index in [0.717, 1.165) is 0 Å². The van der Waals surface area contributed by atoms with E-state index < -0.39 is 36.9 Å². The maximum absolute atomic E-state index is 11.5. The van der Waals surface area contributed by atoms with Crippen molar-refractivity contribution in [2.75, 3.05) is 39.8 Å². The fraction of sp³-hybridized carbons (Fsp3) is 0.909. The van der Waals surface area contributed by atoms with Crippen LogP contribution in [-0.2, 0) is 4.79 Å². The molecule has 0 heterocycles. The Morgan fingerprint density at radius 3 is 2.30 bits per heavy atom. The number of likely N-dealkylation sites (N-methyl/N-ethyl adjacent to an activating group) is 1. The summed E-state index contributed by atoms with van der Waals surface area (Å²) >= 11 is 0. The van der Waals surface area contributed by atoms with E-state index in [1.54, 1.807) is 0 Å². The van der Waals surface area contributed by atoms with Crippen LogP contribution in [0.2, 0.25) is 0 Å². The molecule has 120 valence electrons. The van der Waals surface area contributed by atoms with Gasteiger partial charge in [-0.25, -0.2) is 0 Å². The first-order chi connectivity index (χ1) is 9.34. The van der Waals surface area contributed by atoms with Crippen LogP contribution >= 0.6 is 0 Å². The van der Waals surface area contributed by atoms with Crippen molar-refractivity contribution in [1.82, 2.24) is 10.2 Å². The number of rotatable bonds is 10. The number of nitrogens with two attached hydrogens (primary N) is 1. The van der Waals surface area contributed by atoms with Crippen LogP contribution in [0.1, 0.15) is 0 Å². The Kier molecular flexibility index (Phi) is 9.59. The summed E-state index contributed by atoms with van der Waals surface area (Å²) in [7, 11) is 1.81. The number of carbonyl (C=O) groups is 1. The third kappa shape index (κ3) is 6.57. The second-order valence-corrected chi connectivity index (χ2v) is 4.56. The molecule has 0 aromatic carbocycles. The number of hydrogen-bond acceptors (Lipinski definition) is 8. The van der Waals surface area contributed by atoms with E-state index in [2.05, 4.69) is 5.32 Å². The van der Waals surface area contributed by atoms with Gasteiger partial charge in [0.25, 0.3) is 5.91 Å². The molecule has 0 saturated heterocycles. The predicted molar refractivity (Wildman–Crippen MR) is 70.7 cm³/mol. The van der Waals surface area contributed by atoms with Crippen molar-refractivity contribution in [1.29, 1.82) is 0 Å². The molecule has 0 rings (SSSR count). The molecule has 0 saturated carbocycles. The van der Waals surface area contributed by atoms with Crippen LogP contribution in [0.15, 0.2) is 0 Å². The lowest BCUT2D eigenvalue weighted by Crippen LogP contribution is -2.52. The summed E-state index contributed by atoms with van der Waals surface area (Å²) in [4.78, 5) is 13.4. The van der Waals surface area contributed by atoms with Crippen molar-refractivity contribution in [3.05, 3.63) is 0 Å². The highest BCUT2D eigenvalue weighted by Crippen LogP contribution is 2.05. The first kappa shape index (κ1) is 19.2. The van der Waals surface area contributed by atoms with Crippen LogP contribution in [0.4, 0.5) is 0 Å². The molecule has 4 atom stereocenters. The minimum atomic E-state index is -1.90. The van der Waals surface area contributed by atoms with Gasteiger partial charge in [-0.2, -0.15) is 0 Å². The Morgan fingerprint density at radius 1 is 1.20 bits per heavy atom. The van der Waals surface area contributed by atoms with Gasteiger partial charge in [0.1, 0.15) is 18.3 Å². The maximum Gasteiger partial charge on any atom is 0.251 e. The van der Waals surface area contributed by atoms with Crippen molar-refractivity contribution >= 4 is 5.91 Å². The first-order valence-corrected chi connectivity index (χ1v) is 6.34. The summed E-state index contributed by atoms with van der Waals surface area (Å²) in [6.07, 6.45) is -7.24. The van der Waals surface area contributed by atoms with Gasteiger partial charge in [-0.05, 0) is 7.05 Å². The molecule has 0 fully saturated rings. The van der Waals surface area contributed by atoms with Crippen molar-refractivity contribution in [2.45, 2.75) is 24.4 Å². The molecule has 9 nitrogen and oxygen atoms in total. The quantitative estimate of drug-likeness (QED) is 0.212. The molecule has 4 unspecified atom stereocenters. The summed E-state index contributed by atoms with van der Waals surface area (Å²) in [6.45, 7) is 1.08. The number of nitrogens with zero attached hydrogens (tertiary/aromatic N) is 1. The third-order valence-electron chi connectivity index (χ3n) is 2.83. The number of carbonyl (C=O) groups excluding carboxylic acids is 1. The molecule has 0 spiro atoms. The van der Waals surface area contributed by atoms with Crippen molar-refractivity contribution in [3.8, 4) is 0 Å². The number of nitrogens with one attached hydrogen (secondary N) is 1. The Labute approximate surface area is 117 Å². The highest BCUT2D eigenvalue weighted by molar-refractivity contribution is 5.81. The summed E-state index contributed by atoms with van der Waals surface area (Å²) in [5.41, 5.74) is 5.35. The lowest BCUT2D eigenvalue weighted by Gasteiger charge is -2.25. The number of hydrogen-bond donors (Lipinski definition) is 7. The van der Waals surface area contributed by atoms with Crippen LogP contribution in [-0.4, -0.2) is 101 Å². The molecule has 8 N–H and O–H groups in total. The van der Waals surface area contributed by atoms with Crippen LogP contribution < -0.4 is 11.1 Å². The van der Waals surface area contributed by atoms with E-state index >= 15 is 0 Å². The zero-order valence-corrected chi connectivity index (χ0v) is 11.5. The Balaban J connectivity index is 4.14. The van der Waals surface area contributed by atoms with Crippen LogP contribution in [0, 0.1) is 0 Å². The highest BCUT2D eigenvalue weighted by atomic mass is 16.4. The molecular weight excluding hydrogens is 270 g/mol. The van der Waals surface area contributed by atoms with E-state index in [-0.39, 0.29) is 6.54 Å². The summed E-state index contributed by atoms with van der Waals surface area (Å²) < 4.78 is 0. The molecule has 1 amide bonds. The van der Waals surface area contributed by atoms with Gasteiger partial charge in [0.15, 0.2) is 6.10 Å². The number of amides is 1. The highest BCUT2D eigenvalue weighted by Gasteiger charge is 2.33. The van der Waals surface area contributed by atoms with Crippen molar-refractivity contribution in [2.24, 2.45) is 5.73 Å².